The molecule has 1 heterocycles. The number of hydrogen-bond donors (Lipinski definition) is 0. The minimum Gasteiger partial charge on any atom is -0.369 e. The van der Waals surface area contributed by atoms with Gasteiger partial charge in [-0.3, -0.25) is 9.69 Å². The molecule has 27 heavy (non-hydrogen) atoms. The van der Waals surface area contributed by atoms with Crippen molar-refractivity contribution in [2.75, 3.05) is 44.2 Å². The van der Waals surface area contributed by atoms with Crippen molar-refractivity contribution >= 4 is 11.6 Å². The number of piperazine rings is 1. The SMILES string of the molecule is CCN(Cc1ccccc1)C(=O)CCN1CCN(c2cccc(C)c2)CC1. The number of carbonyl (C=O) groups excluding carboxylic acids is 1. The quantitative estimate of drug-likeness (QED) is 0.751. The summed E-state index contributed by atoms with van der Waals surface area (Å²) >= 11 is 0. The predicted molar refractivity (Wildman–Crippen MR) is 112 cm³/mol. The van der Waals surface area contributed by atoms with Gasteiger partial charge < -0.3 is 9.80 Å². The zero-order chi connectivity index (χ0) is 19.1. The lowest BCUT2D eigenvalue weighted by Gasteiger charge is -2.36. The maximum Gasteiger partial charge on any atom is 0.224 e. The van der Waals surface area contributed by atoms with Gasteiger partial charge in [-0.2, -0.15) is 0 Å². The minimum absolute atomic E-state index is 0.252. The lowest BCUT2D eigenvalue weighted by Crippen LogP contribution is -2.47. The smallest absolute Gasteiger partial charge is 0.224 e. The number of rotatable bonds is 7. The highest BCUT2D eigenvalue weighted by Crippen LogP contribution is 2.18. The van der Waals surface area contributed by atoms with Crippen molar-refractivity contribution in [1.29, 1.82) is 0 Å². The Kier molecular flexibility index (Phi) is 6.88. The van der Waals surface area contributed by atoms with Crippen LogP contribution in [0.2, 0.25) is 0 Å². The summed E-state index contributed by atoms with van der Waals surface area (Å²) in [6.07, 6.45) is 0.602. The van der Waals surface area contributed by atoms with Gasteiger partial charge in [0.05, 0.1) is 0 Å². The second kappa shape index (κ2) is 9.56. The average Bonchev–Trinajstić information content (AvgIpc) is 2.71. The Morgan fingerprint density at radius 1 is 1.00 bits per heavy atom. The number of anilines is 1. The fraction of sp³-hybridized carbons (Fsp3) is 0.435. The number of carbonyl (C=O) groups is 1. The van der Waals surface area contributed by atoms with Crippen LogP contribution in [0.5, 0.6) is 0 Å². The molecule has 0 saturated carbocycles. The van der Waals surface area contributed by atoms with E-state index in [1.54, 1.807) is 0 Å². The van der Waals surface area contributed by atoms with E-state index < -0.39 is 0 Å². The Morgan fingerprint density at radius 3 is 2.41 bits per heavy atom. The number of nitrogens with zero attached hydrogens (tertiary/aromatic N) is 3. The van der Waals surface area contributed by atoms with Crippen molar-refractivity contribution in [3.05, 3.63) is 65.7 Å². The molecule has 1 aliphatic rings. The molecular weight excluding hydrogens is 334 g/mol. The second-order valence-electron chi connectivity index (χ2n) is 7.31. The molecule has 1 aliphatic heterocycles. The summed E-state index contributed by atoms with van der Waals surface area (Å²) in [5.74, 6) is 0.252. The molecule has 0 bridgehead atoms. The first kappa shape index (κ1) is 19.4. The summed E-state index contributed by atoms with van der Waals surface area (Å²) in [6, 6.07) is 18.9. The molecule has 144 valence electrons. The van der Waals surface area contributed by atoms with E-state index in [0.29, 0.717) is 13.0 Å². The maximum atomic E-state index is 12.6. The predicted octanol–water partition coefficient (Wildman–Crippen LogP) is 3.56. The monoisotopic (exact) mass is 365 g/mol. The summed E-state index contributed by atoms with van der Waals surface area (Å²) in [5.41, 5.74) is 3.81. The molecule has 2 aromatic carbocycles. The summed E-state index contributed by atoms with van der Waals surface area (Å²) in [6.45, 7) is 10.6. The Balaban J connectivity index is 1.44. The Labute approximate surface area is 163 Å². The Morgan fingerprint density at radius 2 is 1.74 bits per heavy atom. The zero-order valence-corrected chi connectivity index (χ0v) is 16.6. The number of benzene rings is 2. The Bertz CT molecular complexity index is 723. The zero-order valence-electron chi connectivity index (χ0n) is 16.6. The van der Waals surface area contributed by atoms with Crippen LogP contribution in [-0.4, -0.2) is 55.0 Å². The van der Waals surface area contributed by atoms with Crippen LogP contribution in [0.4, 0.5) is 5.69 Å². The number of aryl methyl sites for hydroxylation is 1. The summed E-state index contributed by atoms with van der Waals surface area (Å²) < 4.78 is 0. The van der Waals surface area contributed by atoms with E-state index in [4.69, 9.17) is 0 Å². The maximum absolute atomic E-state index is 12.6. The lowest BCUT2D eigenvalue weighted by molar-refractivity contribution is -0.132. The number of hydrogen-bond acceptors (Lipinski definition) is 3. The van der Waals surface area contributed by atoms with Crippen LogP contribution < -0.4 is 4.90 Å². The largest absolute Gasteiger partial charge is 0.369 e. The molecule has 0 atom stereocenters. The van der Waals surface area contributed by atoms with Gasteiger partial charge in [-0.15, -0.1) is 0 Å². The molecule has 0 aromatic heterocycles. The average molecular weight is 366 g/mol. The van der Waals surface area contributed by atoms with E-state index >= 15 is 0 Å². The molecule has 1 amide bonds. The molecule has 0 radical (unpaired) electrons. The normalized spacial score (nSPS) is 15.0. The van der Waals surface area contributed by atoms with Crippen molar-refractivity contribution in [3.8, 4) is 0 Å². The van der Waals surface area contributed by atoms with Gasteiger partial charge in [0, 0.05) is 57.9 Å². The minimum atomic E-state index is 0.252. The van der Waals surface area contributed by atoms with Crippen molar-refractivity contribution in [3.63, 3.8) is 0 Å². The molecule has 0 aliphatic carbocycles. The third-order valence-electron chi connectivity index (χ3n) is 5.33. The highest BCUT2D eigenvalue weighted by atomic mass is 16.2. The highest BCUT2D eigenvalue weighted by molar-refractivity contribution is 5.76. The van der Waals surface area contributed by atoms with Crippen LogP contribution >= 0.6 is 0 Å². The van der Waals surface area contributed by atoms with E-state index in [1.807, 2.05) is 23.1 Å². The summed E-state index contributed by atoms with van der Waals surface area (Å²) in [7, 11) is 0. The van der Waals surface area contributed by atoms with Gasteiger partial charge in [0.25, 0.3) is 0 Å². The van der Waals surface area contributed by atoms with Crippen LogP contribution in [0.25, 0.3) is 0 Å². The van der Waals surface area contributed by atoms with E-state index in [-0.39, 0.29) is 5.91 Å². The van der Waals surface area contributed by atoms with E-state index in [0.717, 1.165) is 39.3 Å². The Hall–Kier alpha value is -2.33. The van der Waals surface area contributed by atoms with Crippen molar-refractivity contribution in [2.24, 2.45) is 0 Å². The fourth-order valence-corrected chi connectivity index (χ4v) is 3.65. The lowest BCUT2D eigenvalue weighted by atomic mass is 10.2. The third kappa shape index (κ3) is 5.57. The summed E-state index contributed by atoms with van der Waals surface area (Å²) in [5, 5.41) is 0. The van der Waals surface area contributed by atoms with Crippen molar-refractivity contribution in [1.82, 2.24) is 9.80 Å². The molecule has 3 rings (SSSR count). The standard InChI is InChI=1S/C23H31N3O/c1-3-25(19-21-9-5-4-6-10-21)23(27)12-13-24-14-16-26(17-15-24)22-11-7-8-20(2)18-22/h4-11,18H,3,12-17,19H2,1-2H3. The first-order valence-electron chi connectivity index (χ1n) is 10.0. The van der Waals surface area contributed by atoms with Crippen LogP contribution in [0.3, 0.4) is 0 Å². The third-order valence-corrected chi connectivity index (χ3v) is 5.33. The van der Waals surface area contributed by atoms with Gasteiger partial charge in [0.15, 0.2) is 0 Å². The fourth-order valence-electron chi connectivity index (χ4n) is 3.65. The van der Waals surface area contributed by atoms with Crippen molar-refractivity contribution < 1.29 is 4.79 Å². The van der Waals surface area contributed by atoms with Crippen LogP contribution in [-0.2, 0) is 11.3 Å². The highest BCUT2D eigenvalue weighted by Gasteiger charge is 2.19. The van der Waals surface area contributed by atoms with Gasteiger partial charge in [-0.1, -0.05) is 42.5 Å². The second-order valence-corrected chi connectivity index (χ2v) is 7.31. The molecule has 1 saturated heterocycles. The van der Waals surface area contributed by atoms with Crippen molar-refractivity contribution in [2.45, 2.75) is 26.8 Å². The first-order chi connectivity index (χ1) is 13.2. The van der Waals surface area contributed by atoms with E-state index in [9.17, 15) is 4.79 Å². The van der Waals surface area contributed by atoms with Crippen LogP contribution in [0.1, 0.15) is 24.5 Å². The molecule has 4 heteroatoms. The molecule has 2 aromatic rings. The van der Waals surface area contributed by atoms with E-state index in [2.05, 4.69) is 60.0 Å². The van der Waals surface area contributed by atoms with Gasteiger partial charge in [-0.25, -0.2) is 0 Å². The van der Waals surface area contributed by atoms with E-state index in [1.165, 1.54) is 16.8 Å². The van der Waals surface area contributed by atoms with Crippen LogP contribution in [0, 0.1) is 6.92 Å². The van der Waals surface area contributed by atoms with Gasteiger partial charge in [0.2, 0.25) is 5.91 Å². The molecule has 1 fully saturated rings. The van der Waals surface area contributed by atoms with Crippen LogP contribution in [0.15, 0.2) is 54.6 Å². The first-order valence-corrected chi connectivity index (χ1v) is 10.0. The molecule has 4 nitrogen and oxygen atoms in total. The van der Waals surface area contributed by atoms with Gasteiger partial charge in [0.1, 0.15) is 0 Å². The molecule has 0 N–H and O–H groups in total. The summed E-state index contributed by atoms with van der Waals surface area (Å²) in [4.78, 5) is 19.5. The van der Waals surface area contributed by atoms with Gasteiger partial charge >= 0.3 is 0 Å². The number of amides is 1. The van der Waals surface area contributed by atoms with Gasteiger partial charge in [-0.05, 0) is 37.1 Å². The molecule has 0 unspecified atom stereocenters. The molecular formula is C23H31N3O. The molecule has 0 spiro atoms. The topological polar surface area (TPSA) is 26.8 Å².